The third-order valence-corrected chi connectivity index (χ3v) is 8.46. The Hall–Kier alpha value is -3.30. The Balaban J connectivity index is 1.38. The van der Waals surface area contributed by atoms with Crippen LogP contribution in [0.3, 0.4) is 0 Å². The number of aliphatic hydroxyl groups is 1. The lowest BCUT2D eigenvalue weighted by molar-refractivity contribution is -0.127. The van der Waals surface area contributed by atoms with E-state index in [1.54, 1.807) is 17.3 Å². The molecule has 220 valence electrons. The lowest BCUT2D eigenvalue weighted by Crippen LogP contribution is -2.63. The van der Waals surface area contributed by atoms with Crippen LogP contribution < -0.4 is 0 Å². The Labute approximate surface area is 242 Å². The van der Waals surface area contributed by atoms with Crippen LogP contribution in [-0.4, -0.2) is 75.0 Å². The number of pyridine rings is 1. The molecule has 2 aliphatic heterocycles. The first-order valence-corrected chi connectivity index (χ1v) is 14.6. The molecule has 2 aromatic heterocycles. The summed E-state index contributed by atoms with van der Waals surface area (Å²) >= 11 is 0. The summed E-state index contributed by atoms with van der Waals surface area (Å²) in [5.41, 5.74) is 1.27. The number of piperidine rings is 1. The second kappa shape index (κ2) is 10.8. The molecular formula is C32H43N5O4. The first-order chi connectivity index (χ1) is 19.3. The third-order valence-electron chi connectivity index (χ3n) is 8.46. The van der Waals surface area contributed by atoms with Gasteiger partial charge in [-0.3, -0.25) is 4.98 Å². The van der Waals surface area contributed by atoms with Crippen molar-refractivity contribution in [2.75, 3.05) is 33.2 Å². The SMILES string of the molecule is CC(C)c1ccc([C@](O)(c2cncc(-c3nc(C4CCN(C(=O)OC(C)(C)C)CC4)no3)c2)C2(C)CN(C)C2)cc1. The molecule has 0 saturated carbocycles. The summed E-state index contributed by atoms with van der Waals surface area (Å²) in [6.07, 6.45) is 4.62. The monoisotopic (exact) mass is 561 g/mol. The quantitative estimate of drug-likeness (QED) is 0.417. The van der Waals surface area contributed by atoms with Gasteiger partial charge >= 0.3 is 6.09 Å². The predicted molar refractivity (Wildman–Crippen MR) is 156 cm³/mol. The highest BCUT2D eigenvalue weighted by Gasteiger charge is 2.55. The molecule has 0 aliphatic carbocycles. The van der Waals surface area contributed by atoms with E-state index >= 15 is 0 Å². The van der Waals surface area contributed by atoms with Gasteiger partial charge in [-0.05, 0) is 63.8 Å². The van der Waals surface area contributed by atoms with E-state index < -0.39 is 16.6 Å². The van der Waals surface area contributed by atoms with Crippen LogP contribution in [0.5, 0.6) is 0 Å². The highest BCUT2D eigenvalue weighted by Crippen LogP contribution is 2.50. The predicted octanol–water partition coefficient (Wildman–Crippen LogP) is 5.56. The molecule has 0 radical (unpaired) electrons. The van der Waals surface area contributed by atoms with Crippen LogP contribution in [0.4, 0.5) is 4.79 Å². The van der Waals surface area contributed by atoms with Gasteiger partial charge in [-0.2, -0.15) is 4.98 Å². The number of likely N-dealkylation sites (tertiary alicyclic amines) is 2. The summed E-state index contributed by atoms with van der Waals surface area (Å²) < 4.78 is 11.2. The van der Waals surface area contributed by atoms with E-state index in [0.717, 1.165) is 31.5 Å². The lowest BCUT2D eigenvalue weighted by Gasteiger charge is -2.55. The van der Waals surface area contributed by atoms with E-state index in [1.165, 1.54) is 5.56 Å². The third kappa shape index (κ3) is 5.75. The van der Waals surface area contributed by atoms with Gasteiger partial charge in [0.2, 0.25) is 0 Å². The van der Waals surface area contributed by atoms with Crippen LogP contribution in [0.25, 0.3) is 11.5 Å². The largest absolute Gasteiger partial charge is 0.444 e. The summed E-state index contributed by atoms with van der Waals surface area (Å²) in [7, 11) is 2.07. The van der Waals surface area contributed by atoms with Crippen LogP contribution in [0.15, 0.2) is 47.2 Å². The fraction of sp³-hybridized carbons (Fsp3) is 0.562. The van der Waals surface area contributed by atoms with Crippen LogP contribution in [0, 0.1) is 5.41 Å². The topological polar surface area (TPSA) is 105 Å². The Kier molecular flexibility index (Phi) is 7.72. The average molecular weight is 562 g/mol. The normalized spacial score (nSPS) is 19.6. The number of carbonyl (C=O) groups is 1. The average Bonchev–Trinajstić information content (AvgIpc) is 3.41. The summed E-state index contributed by atoms with van der Waals surface area (Å²) in [6, 6.07) is 10.2. The molecule has 0 unspecified atom stereocenters. The standard InChI is InChI=1S/C32H43N5O4/c1-21(2)22-8-10-25(11-9-22)32(39,31(6)19-36(7)20-31)26-16-24(17-33-18-26)28-34-27(35-41-28)23-12-14-37(15-13-23)29(38)40-30(3,4)5/h8-11,16-18,21,23,39H,12-15,19-20H2,1-7H3/t32-/m0/s1. The number of amides is 1. The second-order valence-electron chi connectivity index (χ2n) is 13.4. The van der Waals surface area contributed by atoms with E-state index in [2.05, 4.69) is 55.0 Å². The van der Waals surface area contributed by atoms with Gasteiger partial charge in [-0.25, -0.2) is 4.79 Å². The molecule has 3 aromatic rings. The number of hydrogen-bond donors (Lipinski definition) is 1. The van der Waals surface area contributed by atoms with Gasteiger partial charge in [-0.15, -0.1) is 0 Å². The molecule has 41 heavy (non-hydrogen) atoms. The molecule has 1 aromatic carbocycles. The van der Waals surface area contributed by atoms with E-state index in [4.69, 9.17) is 14.2 Å². The van der Waals surface area contributed by atoms with Crippen molar-refractivity contribution in [1.29, 1.82) is 0 Å². The highest BCUT2D eigenvalue weighted by atomic mass is 16.6. The zero-order valence-electron chi connectivity index (χ0n) is 25.3. The molecule has 4 heterocycles. The molecule has 0 bridgehead atoms. The van der Waals surface area contributed by atoms with Gasteiger partial charge in [-0.1, -0.05) is 50.2 Å². The minimum Gasteiger partial charge on any atom is -0.444 e. The van der Waals surface area contributed by atoms with Crippen molar-refractivity contribution < 1.29 is 19.2 Å². The first-order valence-electron chi connectivity index (χ1n) is 14.6. The van der Waals surface area contributed by atoms with Gasteiger partial charge in [0.05, 0.1) is 5.56 Å². The van der Waals surface area contributed by atoms with E-state index in [0.29, 0.717) is 41.8 Å². The molecule has 1 atom stereocenters. The van der Waals surface area contributed by atoms with Gasteiger partial charge in [0.25, 0.3) is 5.89 Å². The maximum absolute atomic E-state index is 12.5. The second-order valence-corrected chi connectivity index (χ2v) is 13.4. The highest BCUT2D eigenvalue weighted by molar-refractivity contribution is 5.68. The number of hydrogen-bond acceptors (Lipinski definition) is 8. The minimum absolute atomic E-state index is 0.0863. The maximum atomic E-state index is 12.5. The summed E-state index contributed by atoms with van der Waals surface area (Å²) in [5.74, 6) is 1.49. The van der Waals surface area contributed by atoms with Crippen LogP contribution in [0.2, 0.25) is 0 Å². The van der Waals surface area contributed by atoms with Crippen LogP contribution >= 0.6 is 0 Å². The number of aromatic nitrogens is 3. The summed E-state index contributed by atoms with van der Waals surface area (Å²) in [5, 5.41) is 16.8. The van der Waals surface area contributed by atoms with Crippen molar-refractivity contribution in [2.45, 2.75) is 77.4 Å². The molecule has 2 saturated heterocycles. The first kappa shape index (κ1) is 29.2. The van der Waals surface area contributed by atoms with E-state index in [9.17, 15) is 9.90 Å². The maximum Gasteiger partial charge on any atom is 0.410 e. The fourth-order valence-corrected chi connectivity index (χ4v) is 6.27. The zero-order valence-corrected chi connectivity index (χ0v) is 25.3. The molecular weight excluding hydrogens is 518 g/mol. The van der Waals surface area contributed by atoms with Gasteiger partial charge in [0.15, 0.2) is 5.82 Å². The van der Waals surface area contributed by atoms with Gasteiger partial charge < -0.3 is 24.2 Å². The molecule has 2 fully saturated rings. The Morgan fingerprint density at radius 2 is 1.76 bits per heavy atom. The van der Waals surface area contributed by atoms with Crippen molar-refractivity contribution in [3.05, 3.63) is 65.2 Å². The molecule has 5 rings (SSSR count). The van der Waals surface area contributed by atoms with Crippen LogP contribution in [-0.2, 0) is 10.3 Å². The Morgan fingerprint density at radius 3 is 2.34 bits per heavy atom. The van der Waals surface area contributed by atoms with Crippen molar-refractivity contribution in [3.8, 4) is 11.5 Å². The molecule has 9 heteroatoms. The number of nitrogens with zero attached hydrogens (tertiary/aromatic N) is 5. The van der Waals surface area contributed by atoms with Crippen LogP contribution in [0.1, 0.15) is 88.7 Å². The minimum atomic E-state index is -1.25. The summed E-state index contributed by atoms with van der Waals surface area (Å²) in [6.45, 7) is 14.7. The molecule has 2 aliphatic rings. The molecule has 1 amide bonds. The van der Waals surface area contributed by atoms with E-state index in [-0.39, 0.29) is 12.0 Å². The summed E-state index contributed by atoms with van der Waals surface area (Å²) in [4.78, 5) is 25.6. The van der Waals surface area contributed by atoms with Crippen molar-refractivity contribution >= 4 is 6.09 Å². The molecule has 1 N–H and O–H groups in total. The Bertz CT molecular complexity index is 1370. The van der Waals surface area contributed by atoms with Crippen molar-refractivity contribution in [1.82, 2.24) is 24.9 Å². The van der Waals surface area contributed by atoms with Crippen molar-refractivity contribution in [3.63, 3.8) is 0 Å². The molecule has 0 spiro atoms. The lowest BCUT2D eigenvalue weighted by atomic mass is 9.62. The number of ether oxygens (including phenoxy) is 1. The fourth-order valence-electron chi connectivity index (χ4n) is 6.27. The smallest absolute Gasteiger partial charge is 0.410 e. The van der Waals surface area contributed by atoms with E-state index in [1.807, 2.05) is 39.0 Å². The number of rotatable bonds is 6. The number of benzene rings is 1. The zero-order chi connectivity index (χ0) is 29.6. The molecule has 9 nitrogen and oxygen atoms in total. The van der Waals surface area contributed by atoms with Crippen molar-refractivity contribution in [2.24, 2.45) is 5.41 Å². The number of carbonyl (C=O) groups excluding carboxylic acids is 1. The van der Waals surface area contributed by atoms with Gasteiger partial charge in [0.1, 0.15) is 11.2 Å². The Morgan fingerprint density at radius 1 is 1.10 bits per heavy atom. The van der Waals surface area contributed by atoms with Gasteiger partial charge in [0, 0.05) is 55.5 Å².